The number of aryl methyl sites for hydroxylation is 1. The molecule has 1 heterocycles. The van der Waals surface area contributed by atoms with Gasteiger partial charge in [0.05, 0.1) is 11.6 Å². The van der Waals surface area contributed by atoms with Crippen LogP contribution in [0.5, 0.6) is 0 Å². The molecule has 1 atom stereocenters. The van der Waals surface area contributed by atoms with Crippen molar-refractivity contribution in [2.75, 3.05) is 25.5 Å². The summed E-state index contributed by atoms with van der Waals surface area (Å²) in [6.07, 6.45) is 0. The quantitative estimate of drug-likeness (QED) is 0.472. The highest BCUT2D eigenvalue weighted by Gasteiger charge is 2.46. The van der Waals surface area contributed by atoms with Crippen LogP contribution in [0.25, 0.3) is 5.76 Å². The van der Waals surface area contributed by atoms with E-state index in [1.807, 2.05) is 76.2 Å². The Morgan fingerprint density at radius 1 is 1.03 bits per heavy atom. The summed E-state index contributed by atoms with van der Waals surface area (Å²) >= 11 is 0. The number of rotatable bonds is 5. The highest BCUT2D eigenvalue weighted by Crippen LogP contribution is 2.40. The average molecular weight is 392 g/mol. The van der Waals surface area contributed by atoms with Crippen LogP contribution in [0.15, 0.2) is 54.1 Å². The van der Waals surface area contributed by atoms with Gasteiger partial charge in [-0.2, -0.15) is 0 Å². The summed E-state index contributed by atoms with van der Waals surface area (Å²) in [4.78, 5) is 29.3. The Bertz CT molecular complexity index is 941. The highest BCUT2D eigenvalue weighted by atomic mass is 16.3. The zero-order valence-corrected chi connectivity index (χ0v) is 17.6. The fourth-order valence-electron chi connectivity index (χ4n) is 3.63. The molecule has 152 valence electrons. The van der Waals surface area contributed by atoms with E-state index in [2.05, 4.69) is 0 Å². The van der Waals surface area contributed by atoms with Gasteiger partial charge in [0, 0.05) is 31.9 Å². The molecule has 2 aromatic carbocycles. The van der Waals surface area contributed by atoms with Gasteiger partial charge in [0.1, 0.15) is 5.76 Å². The fourth-order valence-corrected chi connectivity index (χ4v) is 3.63. The van der Waals surface area contributed by atoms with Gasteiger partial charge in [-0.15, -0.1) is 0 Å². The summed E-state index contributed by atoms with van der Waals surface area (Å²) < 4.78 is 0. The Morgan fingerprint density at radius 2 is 1.62 bits per heavy atom. The largest absolute Gasteiger partial charge is 0.507 e. The van der Waals surface area contributed by atoms with Crippen molar-refractivity contribution in [2.24, 2.45) is 5.92 Å². The molecule has 0 aliphatic carbocycles. The summed E-state index contributed by atoms with van der Waals surface area (Å²) in [5.74, 6) is -1.13. The molecule has 1 N–H and O–H groups in total. The predicted octanol–water partition coefficient (Wildman–Crippen LogP) is 4.14. The number of aliphatic hydroxyl groups is 1. The van der Waals surface area contributed by atoms with Crippen LogP contribution in [-0.4, -0.2) is 42.3 Å². The normalized spacial score (nSPS) is 18.6. The minimum absolute atomic E-state index is 0.128. The van der Waals surface area contributed by atoms with E-state index in [1.54, 1.807) is 17.0 Å². The average Bonchev–Trinajstić information content (AvgIpc) is 2.92. The van der Waals surface area contributed by atoms with Gasteiger partial charge in [-0.3, -0.25) is 9.59 Å². The molecule has 0 aromatic heterocycles. The SMILES string of the molecule is Cc1ccc(C(O)=C2C(=O)C(=O)N(CC(C)C)[C@H]2c2ccc(N(C)C)cc2)cc1. The van der Waals surface area contributed by atoms with Crippen molar-refractivity contribution in [1.82, 2.24) is 4.90 Å². The zero-order valence-electron chi connectivity index (χ0n) is 17.6. The van der Waals surface area contributed by atoms with Crippen molar-refractivity contribution in [3.05, 3.63) is 70.8 Å². The number of nitrogens with zero attached hydrogens (tertiary/aromatic N) is 2. The molecule has 5 heteroatoms. The Kier molecular flexibility index (Phi) is 5.78. The maximum absolute atomic E-state index is 12.9. The molecule has 3 rings (SSSR count). The van der Waals surface area contributed by atoms with E-state index < -0.39 is 17.7 Å². The number of amides is 1. The number of ketones is 1. The lowest BCUT2D eigenvalue weighted by atomic mass is 9.94. The summed E-state index contributed by atoms with van der Waals surface area (Å²) in [5, 5.41) is 11.0. The van der Waals surface area contributed by atoms with Crippen LogP contribution < -0.4 is 4.90 Å². The molecule has 1 fully saturated rings. The zero-order chi connectivity index (χ0) is 21.3. The highest BCUT2D eigenvalue weighted by molar-refractivity contribution is 6.46. The van der Waals surface area contributed by atoms with E-state index in [0.29, 0.717) is 12.1 Å². The summed E-state index contributed by atoms with van der Waals surface area (Å²) in [6, 6.07) is 14.4. The molecule has 2 aromatic rings. The van der Waals surface area contributed by atoms with Gasteiger partial charge in [-0.25, -0.2) is 0 Å². The number of likely N-dealkylation sites (tertiary alicyclic amines) is 1. The molecule has 1 aliphatic rings. The molecule has 5 nitrogen and oxygen atoms in total. The van der Waals surface area contributed by atoms with Gasteiger partial charge in [0.2, 0.25) is 0 Å². The maximum Gasteiger partial charge on any atom is 0.295 e. The molecule has 0 unspecified atom stereocenters. The third-order valence-corrected chi connectivity index (χ3v) is 5.15. The van der Waals surface area contributed by atoms with Gasteiger partial charge < -0.3 is 14.9 Å². The van der Waals surface area contributed by atoms with Crippen molar-refractivity contribution in [1.29, 1.82) is 0 Å². The van der Waals surface area contributed by atoms with Crippen LogP contribution in [0.3, 0.4) is 0 Å². The van der Waals surface area contributed by atoms with Gasteiger partial charge >= 0.3 is 0 Å². The monoisotopic (exact) mass is 392 g/mol. The molecule has 0 radical (unpaired) electrons. The second-order valence-corrected chi connectivity index (χ2v) is 8.20. The molecule has 1 saturated heterocycles. The smallest absolute Gasteiger partial charge is 0.295 e. The molecule has 0 spiro atoms. The molecule has 29 heavy (non-hydrogen) atoms. The minimum atomic E-state index is -0.634. The third kappa shape index (κ3) is 4.04. The summed E-state index contributed by atoms with van der Waals surface area (Å²) in [7, 11) is 3.91. The number of benzene rings is 2. The van der Waals surface area contributed by atoms with Crippen LogP contribution in [0, 0.1) is 12.8 Å². The van der Waals surface area contributed by atoms with Gasteiger partial charge in [-0.05, 0) is 30.5 Å². The second-order valence-electron chi connectivity index (χ2n) is 8.20. The number of aliphatic hydroxyl groups excluding tert-OH is 1. The fraction of sp³-hybridized carbons (Fsp3) is 0.333. The first-order valence-electron chi connectivity index (χ1n) is 9.83. The number of anilines is 1. The first kappa shape index (κ1) is 20.6. The van der Waals surface area contributed by atoms with Gasteiger partial charge in [0.15, 0.2) is 0 Å². The lowest BCUT2D eigenvalue weighted by Gasteiger charge is -2.27. The van der Waals surface area contributed by atoms with Crippen molar-refractivity contribution < 1.29 is 14.7 Å². The number of Topliss-reactive ketones (excluding diaryl/α,β-unsaturated/α-hetero) is 1. The Balaban J connectivity index is 2.15. The predicted molar refractivity (Wildman–Crippen MR) is 116 cm³/mol. The van der Waals surface area contributed by atoms with Crippen LogP contribution in [0.4, 0.5) is 5.69 Å². The Morgan fingerprint density at radius 3 is 2.14 bits per heavy atom. The lowest BCUT2D eigenvalue weighted by molar-refractivity contribution is -0.140. The maximum atomic E-state index is 12.9. The van der Waals surface area contributed by atoms with Crippen LogP contribution in [0.2, 0.25) is 0 Å². The molecular weight excluding hydrogens is 364 g/mol. The van der Waals surface area contributed by atoms with E-state index in [4.69, 9.17) is 0 Å². The number of hydrogen-bond donors (Lipinski definition) is 1. The molecule has 1 amide bonds. The van der Waals surface area contributed by atoms with Crippen LogP contribution >= 0.6 is 0 Å². The number of hydrogen-bond acceptors (Lipinski definition) is 4. The summed E-state index contributed by atoms with van der Waals surface area (Å²) in [5.41, 5.74) is 3.57. The van der Waals surface area contributed by atoms with E-state index in [1.165, 1.54) is 0 Å². The van der Waals surface area contributed by atoms with Gasteiger partial charge in [-0.1, -0.05) is 55.8 Å². The number of carbonyl (C=O) groups excluding carboxylic acids is 2. The van der Waals surface area contributed by atoms with E-state index in [-0.39, 0.29) is 17.3 Å². The van der Waals surface area contributed by atoms with Crippen molar-refractivity contribution >= 4 is 23.1 Å². The van der Waals surface area contributed by atoms with Gasteiger partial charge in [0.25, 0.3) is 11.7 Å². The van der Waals surface area contributed by atoms with Crippen molar-refractivity contribution in [3.63, 3.8) is 0 Å². The molecule has 0 bridgehead atoms. The Labute approximate surface area is 172 Å². The molecular formula is C24H28N2O3. The van der Waals surface area contributed by atoms with Crippen molar-refractivity contribution in [3.8, 4) is 0 Å². The summed E-state index contributed by atoms with van der Waals surface area (Å²) in [6.45, 7) is 6.41. The first-order chi connectivity index (χ1) is 13.7. The van der Waals surface area contributed by atoms with E-state index in [9.17, 15) is 14.7 Å². The first-order valence-corrected chi connectivity index (χ1v) is 9.83. The van der Waals surface area contributed by atoms with Crippen LogP contribution in [0.1, 0.15) is 36.6 Å². The van der Waals surface area contributed by atoms with E-state index in [0.717, 1.165) is 16.8 Å². The topological polar surface area (TPSA) is 60.9 Å². The number of carbonyl (C=O) groups is 2. The standard InChI is InChI=1S/C24H28N2O3/c1-15(2)14-26-21(17-10-12-19(13-11-17)25(4)5)20(23(28)24(26)29)22(27)18-8-6-16(3)7-9-18/h6-13,15,21,27H,14H2,1-5H3/t21-/m0/s1. The Hall–Kier alpha value is -3.08. The lowest BCUT2D eigenvalue weighted by Crippen LogP contribution is -2.33. The minimum Gasteiger partial charge on any atom is -0.507 e. The van der Waals surface area contributed by atoms with Crippen LogP contribution in [-0.2, 0) is 9.59 Å². The molecule has 1 aliphatic heterocycles. The van der Waals surface area contributed by atoms with Crippen molar-refractivity contribution in [2.45, 2.75) is 26.8 Å². The van der Waals surface area contributed by atoms with E-state index >= 15 is 0 Å². The second kappa shape index (κ2) is 8.11. The third-order valence-electron chi connectivity index (χ3n) is 5.15. The molecule has 0 saturated carbocycles.